The number of anilines is 1. The Kier molecular flexibility index (Phi) is 4.44. The molecule has 2 aromatic carbocycles. The van der Waals surface area contributed by atoms with E-state index in [1.54, 1.807) is 10.6 Å². The largest absolute Gasteiger partial charge is 0.390 e. The number of pyridine rings is 1. The SMILES string of the molecule is Cc1cc(=O)n(C[C@H]2CC(c3ccc(N(C)C)cc3)=NO2)c2ccccc12. The van der Waals surface area contributed by atoms with Crippen LogP contribution in [-0.4, -0.2) is 30.5 Å². The second kappa shape index (κ2) is 6.91. The molecule has 138 valence electrons. The second-order valence-corrected chi connectivity index (χ2v) is 7.20. The maximum atomic E-state index is 12.6. The average Bonchev–Trinajstić information content (AvgIpc) is 3.14. The van der Waals surface area contributed by atoms with Gasteiger partial charge < -0.3 is 14.3 Å². The molecule has 2 heterocycles. The number of fused-ring (bicyclic) bond motifs is 1. The molecule has 3 aromatic rings. The third kappa shape index (κ3) is 3.33. The monoisotopic (exact) mass is 361 g/mol. The Morgan fingerprint density at radius 1 is 1.15 bits per heavy atom. The highest BCUT2D eigenvalue weighted by atomic mass is 16.6. The van der Waals surface area contributed by atoms with E-state index in [0.29, 0.717) is 13.0 Å². The van der Waals surface area contributed by atoms with E-state index in [0.717, 1.165) is 33.4 Å². The summed E-state index contributed by atoms with van der Waals surface area (Å²) in [5.41, 5.74) is 5.07. The molecule has 5 nitrogen and oxygen atoms in total. The van der Waals surface area contributed by atoms with E-state index in [1.807, 2.05) is 45.3 Å². The quantitative estimate of drug-likeness (QED) is 0.714. The van der Waals surface area contributed by atoms with Gasteiger partial charge in [-0.2, -0.15) is 0 Å². The molecule has 0 aliphatic carbocycles. The number of aryl methyl sites for hydroxylation is 1. The van der Waals surface area contributed by atoms with Gasteiger partial charge in [-0.25, -0.2) is 0 Å². The summed E-state index contributed by atoms with van der Waals surface area (Å²) in [5, 5.41) is 5.37. The van der Waals surface area contributed by atoms with Gasteiger partial charge in [0.25, 0.3) is 5.56 Å². The van der Waals surface area contributed by atoms with Crippen LogP contribution in [0.25, 0.3) is 10.9 Å². The fourth-order valence-electron chi connectivity index (χ4n) is 3.54. The number of aromatic nitrogens is 1. The van der Waals surface area contributed by atoms with Crippen LogP contribution in [0, 0.1) is 6.92 Å². The molecule has 0 radical (unpaired) electrons. The summed E-state index contributed by atoms with van der Waals surface area (Å²) < 4.78 is 1.79. The molecule has 0 amide bonds. The van der Waals surface area contributed by atoms with Gasteiger partial charge in [-0.05, 0) is 36.2 Å². The van der Waals surface area contributed by atoms with Crippen molar-refractivity contribution < 1.29 is 4.84 Å². The minimum Gasteiger partial charge on any atom is -0.390 e. The molecule has 1 aliphatic rings. The van der Waals surface area contributed by atoms with E-state index in [4.69, 9.17) is 4.84 Å². The predicted molar refractivity (Wildman–Crippen MR) is 110 cm³/mol. The summed E-state index contributed by atoms with van der Waals surface area (Å²) in [7, 11) is 4.04. The van der Waals surface area contributed by atoms with Gasteiger partial charge in [-0.1, -0.05) is 35.5 Å². The van der Waals surface area contributed by atoms with E-state index in [-0.39, 0.29) is 11.7 Å². The average molecular weight is 361 g/mol. The fraction of sp³-hybridized carbons (Fsp3) is 0.273. The Hall–Kier alpha value is -3.08. The lowest BCUT2D eigenvalue weighted by Gasteiger charge is -2.15. The van der Waals surface area contributed by atoms with E-state index < -0.39 is 0 Å². The Labute approximate surface area is 158 Å². The Balaban J connectivity index is 1.55. The van der Waals surface area contributed by atoms with E-state index in [2.05, 4.69) is 34.3 Å². The zero-order valence-corrected chi connectivity index (χ0v) is 15.8. The first-order valence-electron chi connectivity index (χ1n) is 9.12. The second-order valence-electron chi connectivity index (χ2n) is 7.20. The maximum Gasteiger partial charge on any atom is 0.251 e. The Morgan fingerprint density at radius 2 is 1.89 bits per heavy atom. The summed E-state index contributed by atoms with van der Waals surface area (Å²) >= 11 is 0. The third-order valence-electron chi connectivity index (χ3n) is 5.06. The predicted octanol–water partition coefficient (Wildman–Crippen LogP) is 3.57. The summed E-state index contributed by atoms with van der Waals surface area (Å²) in [4.78, 5) is 20.3. The number of nitrogens with zero attached hydrogens (tertiary/aromatic N) is 3. The molecule has 0 saturated carbocycles. The molecule has 1 atom stereocenters. The van der Waals surface area contributed by atoms with Crippen molar-refractivity contribution in [2.45, 2.75) is 26.0 Å². The van der Waals surface area contributed by atoms with Crippen LogP contribution in [0.15, 0.2) is 64.5 Å². The summed E-state index contributed by atoms with van der Waals surface area (Å²) in [6.45, 7) is 2.46. The highest BCUT2D eigenvalue weighted by molar-refractivity contribution is 6.01. The van der Waals surface area contributed by atoms with Crippen molar-refractivity contribution in [3.8, 4) is 0 Å². The van der Waals surface area contributed by atoms with Crippen molar-refractivity contribution >= 4 is 22.3 Å². The van der Waals surface area contributed by atoms with Crippen LogP contribution < -0.4 is 10.5 Å². The number of para-hydroxylation sites is 1. The van der Waals surface area contributed by atoms with E-state index in [9.17, 15) is 4.79 Å². The standard InChI is InChI=1S/C22H23N3O2/c1-15-12-22(26)25(21-7-5-4-6-19(15)21)14-18-13-20(23-27-18)16-8-10-17(11-9-16)24(2)3/h4-12,18H,13-14H2,1-3H3/t18-/m1/s1. The molecule has 0 bridgehead atoms. The zero-order valence-electron chi connectivity index (χ0n) is 15.8. The number of benzene rings is 2. The molecule has 0 spiro atoms. The molecule has 1 aliphatic heterocycles. The first-order chi connectivity index (χ1) is 13.0. The summed E-state index contributed by atoms with van der Waals surface area (Å²) in [5.74, 6) is 0. The van der Waals surface area contributed by atoms with Gasteiger partial charge >= 0.3 is 0 Å². The van der Waals surface area contributed by atoms with Crippen molar-refractivity contribution in [2.24, 2.45) is 5.16 Å². The molecular weight excluding hydrogens is 338 g/mol. The van der Waals surface area contributed by atoms with Gasteiger partial charge in [0.15, 0.2) is 6.10 Å². The maximum absolute atomic E-state index is 12.6. The van der Waals surface area contributed by atoms with Crippen molar-refractivity contribution in [3.05, 3.63) is 76.1 Å². The van der Waals surface area contributed by atoms with Crippen LogP contribution >= 0.6 is 0 Å². The van der Waals surface area contributed by atoms with Gasteiger partial charge in [0.1, 0.15) is 0 Å². The van der Waals surface area contributed by atoms with Gasteiger partial charge in [-0.3, -0.25) is 4.79 Å². The lowest BCUT2D eigenvalue weighted by molar-refractivity contribution is 0.0727. The molecule has 0 fully saturated rings. The molecule has 4 rings (SSSR count). The molecule has 27 heavy (non-hydrogen) atoms. The molecule has 0 unspecified atom stereocenters. The van der Waals surface area contributed by atoms with Crippen LogP contribution in [0.3, 0.4) is 0 Å². The van der Waals surface area contributed by atoms with Crippen LogP contribution in [0.5, 0.6) is 0 Å². The minimum atomic E-state index is -0.141. The first-order valence-corrected chi connectivity index (χ1v) is 9.12. The van der Waals surface area contributed by atoms with Gasteiger partial charge in [0, 0.05) is 37.7 Å². The normalized spacial score (nSPS) is 16.3. The fourth-order valence-corrected chi connectivity index (χ4v) is 3.54. The van der Waals surface area contributed by atoms with Crippen molar-refractivity contribution in [3.63, 3.8) is 0 Å². The van der Waals surface area contributed by atoms with Gasteiger partial charge in [0.05, 0.1) is 17.8 Å². The number of oxime groups is 1. The summed E-state index contributed by atoms with van der Waals surface area (Å²) in [6.07, 6.45) is 0.549. The number of rotatable bonds is 4. The Morgan fingerprint density at radius 3 is 2.63 bits per heavy atom. The van der Waals surface area contributed by atoms with Gasteiger partial charge in [-0.15, -0.1) is 0 Å². The highest BCUT2D eigenvalue weighted by Gasteiger charge is 2.23. The minimum absolute atomic E-state index is 0.00131. The first kappa shape index (κ1) is 17.3. The lowest BCUT2D eigenvalue weighted by Crippen LogP contribution is -2.27. The van der Waals surface area contributed by atoms with Crippen LogP contribution in [0.2, 0.25) is 0 Å². The highest BCUT2D eigenvalue weighted by Crippen LogP contribution is 2.22. The van der Waals surface area contributed by atoms with Crippen molar-refractivity contribution in [2.75, 3.05) is 19.0 Å². The third-order valence-corrected chi connectivity index (χ3v) is 5.06. The Bertz CT molecular complexity index is 1070. The van der Waals surface area contributed by atoms with Crippen LogP contribution in [0.1, 0.15) is 17.5 Å². The number of hydrogen-bond acceptors (Lipinski definition) is 4. The van der Waals surface area contributed by atoms with Crippen LogP contribution in [0.4, 0.5) is 5.69 Å². The molecule has 1 aromatic heterocycles. The lowest BCUT2D eigenvalue weighted by atomic mass is 10.0. The van der Waals surface area contributed by atoms with E-state index in [1.165, 1.54) is 0 Å². The number of hydrogen-bond donors (Lipinski definition) is 0. The smallest absolute Gasteiger partial charge is 0.251 e. The topological polar surface area (TPSA) is 46.8 Å². The molecule has 0 saturated heterocycles. The zero-order chi connectivity index (χ0) is 19.0. The van der Waals surface area contributed by atoms with E-state index >= 15 is 0 Å². The molecular formula is C22H23N3O2. The van der Waals surface area contributed by atoms with Crippen molar-refractivity contribution in [1.82, 2.24) is 4.57 Å². The van der Waals surface area contributed by atoms with Crippen LogP contribution in [-0.2, 0) is 11.4 Å². The summed E-state index contributed by atoms with van der Waals surface area (Å²) in [6, 6.07) is 18.0. The van der Waals surface area contributed by atoms with Crippen molar-refractivity contribution in [1.29, 1.82) is 0 Å². The van der Waals surface area contributed by atoms with Gasteiger partial charge in [0.2, 0.25) is 0 Å². The molecule has 5 heteroatoms. The molecule has 0 N–H and O–H groups in total.